The lowest BCUT2D eigenvalue weighted by molar-refractivity contribution is -0.274. The molecule has 0 aromatic heterocycles. The number of nitrogens with zero attached hydrogens (tertiary/aromatic N) is 1. The summed E-state index contributed by atoms with van der Waals surface area (Å²) in [6.07, 6.45) is -3.30. The van der Waals surface area contributed by atoms with Gasteiger partial charge in [0.05, 0.1) is 21.8 Å². The highest BCUT2D eigenvalue weighted by Crippen LogP contribution is 2.31. The van der Waals surface area contributed by atoms with E-state index in [2.05, 4.69) is 15.3 Å². The van der Waals surface area contributed by atoms with E-state index in [1.165, 1.54) is 42.6 Å². The first kappa shape index (κ1) is 26.1. The Morgan fingerprint density at radius 2 is 1.68 bits per heavy atom. The Morgan fingerprint density at radius 1 is 0.973 bits per heavy atom. The number of benzene rings is 4. The Bertz CT molecular complexity index is 1480. The average Bonchev–Trinajstić information content (AvgIpc) is 2.85. The van der Waals surface area contributed by atoms with E-state index in [1.54, 1.807) is 12.1 Å². The number of alkyl halides is 3. The van der Waals surface area contributed by atoms with E-state index in [4.69, 9.17) is 27.9 Å². The van der Waals surface area contributed by atoms with Crippen LogP contribution in [0.1, 0.15) is 21.5 Å². The van der Waals surface area contributed by atoms with Crippen LogP contribution >= 0.6 is 23.2 Å². The number of carbonyl (C=O) groups excluding carboxylic acids is 1. The summed E-state index contributed by atoms with van der Waals surface area (Å²) >= 11 is 11.8. The van der Waals surface area contributed by atoms with Crippen LogP contribution in [0.4, 0.5) is 13.2 Å². The van der Waals surface area contributed by atoms with E-state index >= 15 is 0 Å². The molecular weight excluding hydrogens is 532 g/mol. The van der Waals surface area contributed by atoms with Crippen LogP contribution in [0, 0.1) is 0 Å². The van der Waals surface area contributed by atoms with E-state index in [9.17, 15) is 23.1 Å². The van der Waals surface area contributed by atoms with Crippen molar-refractivity contribution < 1.29 is 32.5 Å². The third kappa shape index (κ3) is 6.63. The summed E-state index contributed by atoms with van der Waals surface area (Å²) in [5, 5.41) is 15.1. The number of aromatic hydroxyl groups is 1. The zero-order chi connectivity index (χ0) is 26.6. The van der Waals surface area contributed by atoms with Crippen molar-refractivity contribution in [3.05, 3.63) is 99.5 Å². The van der Waals surface area contributed by atoms with Crippen molar-refractivity contribution >= 4 is 46.1 Å². The van der Waals surface area contributed by atoms with Gasteiger partial charge in [0.1, 0.15) is 23.9 Å². The number of ether oxygens (including phenoxy) is 2. The molecule has 0 spiro atoms. The molecule has 0 aliphatic carbocycles. The van der Waals surface area contributed by atoms with E-state index in [1.807, 2.05) is 24.3 Å². The van der Waals surface area contributed by atoms with Gasteiger partial charge in [-0.25, -0.2) is 5.43 Å². The van der Waals surface area contributed by atoms with Crippen LogP contribution in [0.15, 0.2) is 77.9 Å². The fourth-order valence-electron chi connectivity index (χ4n) is 3.41. The molecule has 37 heavy (non-hydrogen) atoms. The Hall–Kier alpha value is -3.95. The molecule has 0 aliphatic rings. The molecule has 0 atom stereocenters. The minimum Gasteiger partial charge on any atom is -0.506 e. The molecule has 0 saturated heterocycles. The number of hydrogen-bond donors (Lipinski definition) is 2. The van der Waals surface area contributed by atoms with Crippen LogP contribution < -0.4 is 14.9 Å². The zero-order valence-corrected chi connectivity index (χ0v) is 20.2. The largest absolute Gasteiger partial charge is 0.573 e. The average molecular weight is 549 g/mol. The van der Waals surface area contributed by atoms with Crippen molar-refractivity contribution in [1.29, 1.82) is 0 Å². The Morgan fingerprint density at radius 3 is 2.38 bits per heavy atom. The minimum atomic E-state index is -4.75. The Labute approximate surface area is 218 Å². The fourth-order valence-corrected chi connectivity index (χ4v) is 3.82. The first-order chi connectivity index (χ1) is 17.6. The number of phenols is 1. The predicted octanol–water partition coefficient (Wildman–Crippen LogP) is 7.09. The lowest BCUT2D eigenvalue weighted by Crippen LogP contribution is -2.18. The number of carbonyl (C=O) groups is 1. The summed E-state index contributed by atoms with van der Waals surface area (Å²) in [5.74, 6) is -0.613. The maximum absolute atomic E-state index is 12.4. The van der Waals surface area contributed by atoms with Crippen molar-refractivity contribution in [3.63, 3.8) is 0 Å². The molecule has 190 valence electrons. The SMILES string of the molecule is O=C(N/N=C\c1ccc(OCc2ccc(OC(F)(F)F)cc2)c2ccccc12)c1cc(Cl)c(O)cc1Cl. The van der Waals surface area contributed by atoms with Crippen LogP contribution in [0.3, 0.4) is 0 Å². The van der Waals surface area contributed by atoms with Crippen LogP contribution in [0.25, 0.3) is 10.8 Å². The summed E-state index contributed by atoms with van der Waals surface area (Å²) in [5.41, 5.74) is 3.76. The molecule has 0 unspecified atom stereocenters. The van der Waals surface area contributed by atoms with Crippen LogP contribution in [0.2, 0.25) is 10.0 Å². The molecule has 11 heteroatoms. The quantitative estimate of drug-likeness (QED) is 0.191. The first-order valence-electron chi connectivity index (χ1n) is 10.6. The monoisotopic (exact) mass is 548 g/mol. The number of amides is 1. The Balaban J connectivity index is 1.47. The van der Waals surface area contributed by atoms with Crippen molar-refractivity contribution in [3.8, 4) is 17.2 Å². The highest BCUT2D eigenvalue weighted by atomic mass is 35.5. The first-order valence-corrected chi connectivity index (χ1v) is 11.4. The van der Waals surface area contributed by atoms with Gasteiger partial charge in [0.15, 0.2) is 0 Å². The number of rotatable bonds is 7. The van der Waals surface area contributed by atoms with Crippen LogP contribution in [0.5, 0.6) is 17.2 Å². The summed E-state index contributed by atoms with van der Waals surface area (Å²) in [4.78, 5) is 12.4. The molecule has 0 bridgehead atoms. The van der Waals surface area contributed by atoms with Crippen molar-refractivity contribution in [2.75, 3.05) is 0 Å². The smallest absolute Gasteiger partial charge is 0.506 e. The number of phenolic OH excluding ortho intramolecular Hbond substituents is 1. The predicted molar refractivity (Wildman–Crippen MR) is 135 cm³/mol. The summed E-state index contributed by atoms with van der Waals surface area (Å²) in [7, 11) is 0. The van der Waals surface area contributed by atoms with Gasteiger partial charge in [0.25, 0.3) is 5.91 Å². The summed E-state index contributed by atoms with van der Waals surface area (Å²) < 4.78 is 46.8. The maximum Gasteiger partial charge on any atom is 0.573 e. The molecule has 0 radical (unpaired) electrons. The van der Waals surface area contributed by atoms with E-state index in [-0.39, 0.29) is 33.7 Å². The zero-order valence-electron chi connectivity index (χ0n) is 18.7. The standard InChI is InChI=1S/C26H17Cl2F3N2O4/c27-21-12-23(34)22(28)11-20(21)25(35)33-32-13-16-7-10-24(19-4-2-1-3-18(16)19)36-14-15-5-8-17(9-6-15)37-26(29,30)31/h1-13,34H,14H2,(H,33,35)/b32-13-. The summed E-state index contributed by atoms with van der Waals surface area (Å²) in [6, 6.07) is 18.7. The number of fused-ring (bicyclic) bond motifs is 1. The van der Waals surface area contributed by atoms with E-state index < -0.39 is 12.3 Å². The van der Waals surface area contributed by atoms with Gasteiger partial charge in [0.2, 0.25) is 0 Å². The third-order valence-corrected chi connectivity index (χ3v) is 5.74. The molecule has 0 fully saturated rings. The van der Waals surface area contributed by atoms with E-state index in [0.717, 1.165) is 10.8 Å². The molecule has 6 nitrogen and oxygen atoms in total. The van der Waals surface area contributed by atoms with Gasteiger partial charge in [-0.05, 0) is 41.3 Å². The number of nitrogens with one attached hydrogen (secondary N) is 1. The van der Waals surface area contributed by atoms with Crippen LogP contribution in [-0.4, -0.2) is 23.6 Å². The van der Waals surface area contributed by atoms with Gasteiger partial charge in [-0.1, -0.05) is 59.6 Å². The van der Waals surface area contributed by atoms with Crippen molar-refractivity contribution in [2.45, 2.75) is 13.0 Å². The fraction of sp³-hybridized carbons (Fsp3) is 0.0769. The molecule has 0 saturated carbocycles. The molecule has 0 heterocycles. The van der Waals surface area contributed by atoms with Gasteiger partial charge >= 0.3 is 6.36 Å². The number of hydrogen-bond acceptors (Lipinski definition) is 5. The third-order valence-electron chi connectivity index (χ3n) is 5.12. The molecule has 1 amide bonds. The lowest BCUT2D eigenvalue weighted by Gasteiger charge is -2.12. The Kier molecular flexibility index (Phi) is 7.75. The second kappa shape index (κ2) is 11.0. The molecule has 4 aromatic carbocycles. The molecule has 4 rings (SSSR count). The molecule has 2 N–H and O–H groups in total. The van der Waals surface area contributed by atoms with Crippen molar-refractivity contribution in [1.82, 2.24) is 5.43 Å². The highest BCUT2D eigenvalue weighted by Gasteiger charge is 2.30. The summed E-state index contributed by atoms with van der Waals surface area (Å²) in [6.45, 7) is 0.121. The van der Waals surface area contributed by atoms with Gasteiger partial charge in [-0.2, -0.15) is 5.10 Å². The number of hydrazone groups is 1. The second-order valence-electron chi connectivity index (χ2n) is 7.66. The molecule has 0 aliphatic heterocycles. The van der Waals surface area contributed by atoms with Gasteiger partial charge < -0.3 is 14.6 Å². The van der Waals surface area contributed by atoms with Gasteiger partial charge in [-0.3, -0.25) is 4.79 Å². The highest BCUT2D eigenvalue weighted by molar-refractivity contribution is 6.36. The second-order valence-corrected chi connectivity index (χ2v) is 8.48. The maximum atomic E-state index is 12.4. The number of halogens is 5. The van der Waals surface area contributed by atoms with Gasteiger partial charge in [0, 0.05) is 17.0 Å². The van der Waals surface area contributed by atoms with Crippen LogP contribution in [-0.2, 0) is 6.61 Å². The minimum absolute atomic E-state index is 0.0177. The van der Waals surface area contributed by atoms with E-state index in [0.29, 0.717) is 16.9 Å². The topological polar surface area (TPSA) is 80.2 Å². The van der Waals surface area contributed by atoms with Crippen molar-refractivity contribution in [2.24, 2.45) is 5.10 Å². The molecular formula is C26H17Cl2F3N2O4. The molecule has 4 aromatic rings. The lowest BCUT2D eigenvalue weighted by atomic mass is 10.0. The normalized spacial score (nSPS) is 11.6. The van der Waals surface area contributed by atoms with Gasteiger partial charge in [-0.15, -0.1) is 13.2 Å².